The van der Waals surface area contributed by atoms with Crippen LogP contribution >= 0.6 is 15.9 Å². The number of anilines is 1. The third-order valence-electron chi connectivity index (χ3n) is 3.66. The van der Waals surface area contributed by atoms with E-state index in [1.54, 1.807) is 24.3 Å². The fraction of sp³-hybridized carbons (Fsp3) is 0.0556. The molecule has 0 radical (unpaired) electrons. The van der Waals surface area contributed by atoms with Gasteiger partial charge in [-0.1, -0.05) is 46.3 Å². The number of aryl methyl sites for hydroxylation is 1. The molecule has 0 spiro atoms. The normalized spacial score (nSPS) is 16.5. The third kappa shape index (κ3) is 3.00. The van der Waals surface area contributed by atoms with E-state index in [0.29, 0.717) is 5.69 Å². The second-order valence-electron chi connectivity index (χ2n) is 5.29. The molecule has 3 rings (SSSR count). The highest BCUT2D eigenvalue weighted by Gasteiger charge is 2.36. The fourth-order valence-corrected chi connectivity index (χ4v) is 2.80. The minimum Gasteiger partial charge on any atom is -0.273 e. The summed E-state index contributed by atoms with van der Waals surface area (Å²) in [7, 11) is 0. The Morgan fingerprint density at radius 1 is 1.04 bits per heavy atom. The number of amides is 4. The molecule has 4 amide bonds. The highest BCUT2D eigenvalue weighted by molar-refractivity contribution is 9.10. The van der Waals surface area contributed by atoms with Crippen LogP contribution in [0.2, 0.25) is 0 Å². The van der Waals surface area contributed by atoms with Crippen LogP contribution in [0.4, 0.5) is 10.5 Å². The molecule has 0 aliphatic carbocycles. The van der Waals surface area contributed by atoms with E-state index in [1.807, 2.05) is 31.2 Å². The molecule has 120 valence electrons. The summed E-state index contributed by atoms with van der Waals surface area (Å²) < 4.78 is 0.724. The Kier molecular flexibility index (Phi) is 4.31. The van der Waals surface area contributed by atoms with Gasteiger partial charge in [-0.25, -0.2) is 9.69 Å². The molecule has 24 heavy (non-hydrogen) atoms. The smallest absolute Gasteiger partial charge is 0.273 e. The number of nitrogens with zero attached hydrogens (tertiary/aromatic N) is 1. The van der Waals surface area contributed by atoms with E-state index in [4.69, 9.17) is 0 Å². The molecule has 6 heteroatoms. The van der Waals surface area contributed by atoms with Crippen molar-refractivity contribution in [3.63, 3.8) is 0 Å². The number of urea groups is 1. The number of rotatable bonds is 2. The van der Waals surface area contributed by atoms with Crippen LogP contribution in [0, 0.1) is 6.92 Å². The quantitative estimate of drug-likeness (QED) is 0.637. The number of hydrogen-bond donors (Lipinski definition) is 1. The van der Waals surface area contributed by atoms with Crippen LogP contribution in [-0.4, -0.2) is 17.8 Å². The number of carbonyl (C=O) groups excluding carboxylic acids is 3. The topological polar surface area (TPSA) is 66.5 Å². The van der Waals surface area contributed by atoms with E-state index in [2.05, 4.69) is 21.2 Å². The second-order valence-corrected chi connectivity index (χ2v) is 6.21. The highest BCUT2D eigenvalue weighted by atomic mass is 79.9. The van der Waals surface area contributed by atoms with Crippen molar-refractivity contribution in [2.24, 2.45) is 0 Å². The van der Waals surface area contributed by atoms with Crippen molar-refractivity contribution in [1.29, 1.82) is 0 Å². The highest BCUT2D eigenvalue weighted by Crippen LogP contribution is 2.25. The molecule has 1 saturated heterocycles. The largest absolute Gasteiger partial charge is 0.335 e. The number of carbonyl (C=O) groups is 3. The molecule has 5 nitrogen and oxygen atoms in total. The van der Waals surface area contributed by atoms with Crippen LogP contribution in [-0.2, 0) is 9.59 Å². The summed E-state index contributed by atoms with van der Waals surface area (Å²) in [5.74, 6) is -1.34. The lowest BCUT2D eigenvalue weighted by atomic mass is 10.0. The standard InChI is InChI=1S/C18H13BrN2O3/c1-11-5-2-3-6-12(11)9-15-16(22)20-18(24)21(17(15)23)14-8-4-7-13(19)10-14/h2-10H,1H3,(H,20,22,24)/b15-9+. The minimum atomic E-state index is -0.759. The van der Waals surface area contributed by atoms with Crippen molar-refractivity contribution < 1.29 is 14.4 Å². The number of halogens is 1. The van der Waals surface area contributed by atoms with Crippen LogP contribution in [0.3, 0.4) is 0 Å². The summed E-state index contributed by atoms with van der Waals surface area (Å²) in [6.07, 6.45) is 1.50. The summed E-state index contributed by atoms with van der Waals surface area (Å²) in [6.45, 7) is 1.88. The van der Waals surface area contributed by atoms with Gasteiger partial charge in [-0.05, 0) is 42.3 Å². The lowest BCUT2D eigenvalue weighted by Gasteiger charge is -2.26. The molecular formula is C18H13BrN2O3. The summed E-state index contributed by atoms with van der Waals surface area (Å²) in [5, 5.41) is 2.21. The third-order valence-corrected chi connectivity index (χ3v) is 4.15. The van der Waals surface area contributed by atoms with Gasteiger partial charge in [-0.3, -0.25) is 14.9 Å². The molecule has 0 aromatic heterocycles. The van der Waals surface area contributed by atoms with Gasteiger partial charge in [0.25, 0.3) is 11.8 Å². The zero-order chi connectivity index (χ0) is 17.3. The van der Waals surface area contributed by atoms with E-state index in [0.717, 1.165) is 20.5 Å². The molecule has 0 unspecified atom stereocenters. The fourth-order valence-electron chi connectivity index (χ4n) is 2.41. The first-order valence-electron chi connectivity index (χ1n) is 7.20. The zero-order valence-electron chi connectivity index (χ0n) is 12.7. The SMILES string of the molecule is Cc1ccccc1/C=C1\C(=O)NC(=O)N(c2cccc(Br)c2)C1=O. The number of hydrogen-bond acceptors (Lipinski definition) is 3. The summed E-state index contributed by atoms with van der Waals surface area (Å²) >= 11 is 3.31. The van der Waals surface area contributed by atoms with Gasteiger partial charge < -0.3 is 0 Å². The Morgan fingerprint density at radius 3 is 2.50 bits per heavy atom. The van der Waals surface area contributed by atoms with Gasteiger partial charge >= 0.3 is 6.03 Å². The minimum absolute atomic E-state index is 0.0797. The molecule has 2 aromatic carbocycles. The molecule has 1 N–H and O–H groups in total. The molecule has 0 bridgehead atoms. The lowest BCUT2D eigenvalue weighted by molar-refractivity contribution is -0.122. The Balaban J connectivity index is 2.05. The monoisotopic (exact) mass is 384 g/mol. The molecular weight excluding hydrogens is 372 g/mol. The molecule has 1 fully saturated rings. The van der Waals surface area contributed by atoms with E-state index < -0.39 is 17.8 Å². The Hall–Kier alpha value is -2.73. The van der Waals surface area contributed by atoms with Crippen molar-refractivity contribution >= 4 is 45.5 Å². The van der Waals surface area contributed by atoms with Crippen LogP contribution in [0.5, 0.6) is 0 Å². The van der Waals surface area contributed by atoms with Gasteiger partial charge in [0.2, 0.25) is 0 Å². The van der Waals surface area contributed by atoms with E-state index in [9.17, 15) is 14.4 Å². The van der Waals surface area contributed by atoms with Crippen molar-refractivity contribution in [2.75, 3.05) is 4.90 Å². The number of benzene rings is 2. The van der Waals surface area contributed by atoms with E-state index >= 15 is 0 Å². The Labute approximate surface area is 147 Å². The van der Waals surface area contributed by atoms with Gasteiger partial charge in [-0.2, -0.15) is 0 Å². The first-order valence-corrected chi connectivity index (χ1v) is 7.99. The lowest BCUT2D eigenvalue weighted by Crippen LogP contribution is -2.54. The van der Waals surface area contributed by atoms with Gasteiger partial charge in [0.15, 0.2) is 0 Å². The average Bonchev–Trinajstić information content (AvgIpc) is 2.53. The molecule has 2 aromatic rings. The van der Waals surface area contributed by atoms with Crippen LogP contribution in [0.1, 0.15) is 11.1 Å². The van der Waals surface area contributed by atoms with Crippen molar-refractivity contribution in [2.45, 2.75) is 6.92 Å². The Morgan fingerprint density at radius 2 is 1.79 bits per heavy atom. The van der Waals surface area contributed by atoms with Crippen LogP contribution in [0.25, 0.3) is 6.08 Å². The van der Waals surface area contributed by atoms with Gasteiger partial charge in [0.1, 0.15) is 5.57 Å². The number of imide groups is 2. The summed E-state index contributed by atoms with van der Waals surface area (Å²) in [5.41, 5.74) is 1.98. The first-order chi connectivity index (χ1) is 11.5. The van der Waals surface area contributed by atoms with E-state index in [1.165, 1.54) is 6.08 Å². The Bertz CT molecular complexity index is 889. The zero-order valence-corrected chi connectivity index (χ0v) is 14.3. The van der Waals surface area contributed by atoms with Crippen molar-refractivity contribution in [3.05, 3.63) is 69.7 Å². The molecule has 1 heterocycles. The number of nitrogens with one attached hydrogen (secondary N) is 1. The maximum absolute atomic E-state index is 12.7. The molecule has 1 aliphatic rings. The van der Waals surface area contributed by atoms with Crippen LogP contribution < -0.4 is 10.2 Å². The maximum atomic E-state index is 12.7. The van der Waals surface area contributed by atoms with Crippen molar-refractivity contribution in [3.8, 4) is 0 Å². The maximum Gasteiger partial charge on any atom is 0.335 e. The second kappa shape index (κ2) is 6.41. The summed E-state index contributed by atoms with van der Waals surface area (Å²) in [4.78, 5) is 37.9. The predicted octanol–water partition coefficient (Wildman–Crippen LogP) is 3.42. The van der Waals surface area contributed by atoms with Gasteiger partial charge in [0.05, 0.1) is 5.69 Å². The average molecular weight is 385 g/mol. The molecule has 0 saturated carbocycles. The predicted molar refractivity (Wildman–Crippen MR) is 94.3 cm³/mol. The van der Waals surface area contributed by atoms with Crippen LogP contribution in [0.15, 0.2) is 58.6 Å². The van der Waals surface area contributed by atoms with Gasteiger partial charge in [-0.15, -0.1) is 0 Å². The first kappa shape index (κ1) is 16.1. The number of barbiturate groups is 1. The van der Waals surface area contributed by atoms with Crippen molar-refractivity contribution in [1.82, 2.24) is 5.32 Å². The molecule has 1 aliphatic heterocycles. The summed E-state index contributed by atoms with van der Waals surface area (Å²) in [6, 6.07) is 13.4. The van der Waals surface area contributed by atoms with E-state index in [-0.39, 0.29) is 5.57 Å². The molecule has 0 atom stereocenters. The van der Waals surface area contributed by atoms with Gasteiger partial charge in [0, 0.05) is 4.47 Å².